The molecule has 0 aromatic carbocycles. The molecule has 0 aromatic rings. The summed E-state index contributed by atoms with van der Waals surface area (Å²) in [5.74, 6) is 1.30. The first-order valence-electron chi connectivity index (χ1n) is 6.76. The van der Waals surface area contributed by atoms with Gasteiger partial charge in [-0.05, 0) is 37.5 Å². The monoisotopic (exact) mass is 250 g/mol. The molecular formula is C14H22N2O2. The van der Waals surface area contributed by atoms with E-state index in [9.17, 15) is 0 Å². The maximum absolute atomic E-state index is 8.39. The van der Waals surface area contributed by atoms with Crippen LogP contribution in [0.4, 0.5) is 0 Å². The lowest BCUT2D eigenvalue weighted by molar-refractivity contribution is 0.0528. The Hall–Kier alpha value is -1.10. The average Bonchev–Trinajstić information content (AvgIpc) is 2.41. The van der Waals surface area contributed by atoms with Gasteiger partial charge in [-0.25, -0.2) is 0 Å². The van der Waals surface area contributed by atoms with Gasteiger partial charge in [0.1, 0.15) is 0 Å². The van der Waals surface area contributed by atoms with Gasteiger partial charge in [0.05, 0.1) is 38.2 Å². The summed E-state index contributed by atoms with van der Waals surface area (Å²) in [6.07, 6.45) is 5.75. The van der Waals surface area contributed by atoms with Crippen molar-refractivity contribution in [2.45, 2.75) is 38.5 Å². The minimum absolute atomic E-state index is 0.488. The van der Waals surface area contributed by atoms with Crippen molar-refractivity contribution < 1.29 is 9.47 Å². The second-order valence-electron chi connectivity index (χ2n) is 4.85. The smallest absolute Gasteiger partial charge is 0.0645 e. The maximum atomic E-state index is 8.39. The van der Waals surface area contributed by atoms with Crippen LogP contribution in [-0.4, -0.2) is 26.4 Å². The van der Waals surface area contributed by atoms with Gasteiger partial charge in [0.25, 0.3) is 0 Å². The number of ether oxygens (including phenoxy) is 2. The van der Waals surface area contributed by atoms with Crippen LogP contribution in [0.2, 0.25) is 0 Å². The van der Waals surface area contributed by atoms with Crippen LogP contribution in [0, 0.1) is 34.5 Å². The van der Waals surface area contributed by atoms with Gasteiger partial charge in [0.15, 0.2) is 0 Å². The highest BCUT2D eigenvalue weighted by molar-refractivity contribution is 4.73. The topological polar surface area (TPSA) is 66.0 Å². The molecule has 0 bridgehead atoms. The van der Waals surface area contributed by atoms with Crippen molar-refractivity contribution in [1.82, 2.24) is 0 Å². The van der Waals surface area contributed by atoms with E-state index in [1.54, 1.807) is 0 Å². The number of nitrogens with zero attached hydrogens (tertiary/aromatic N) is 2. The number of hydrogen-bond acceptors (Lipinski definition) is 4. The van der Waals surface area contributed by atoms with E-state index in [0.29, 0.717) is 37.9 Å². The molecule has 0 aliphatic heterocycles. The Balaban J connectivity index is 1.99. The summed E-state index contributed by atoms with van der Waals surface area (Å²) in [7, 11) is 0. The first kappa shape index (κ1) is 15.0. The molecule has 0 aromatic heterocycles. The minimum atomic E-state index is 0.488. The van der Waals surface area contributed by atoms with Gasteiger partial charge in [-0.1, -0.05) is 0 Å². The van der Waals surface area contributed by atoms with Crippen LogP contribution in [0.25, 0.3) is 0 Å². The molecule has 18 heavy (non-hydrogen) atoms. The minimum Gasteiger partial charge on any atom is -0.380 e. The Labute approximate surface area is 109 Å². The Kier molecular flexibility index (Phi) is 8.21. The van der Waals surface area contributed by atoms with Crippen molar-refractivity contribution >= 4 is 0 Å². The fourth-order valence-electron chi connectivity index (χ4n) is 2.30. The fraction of sp³-hybridized carbons (Fsp3) is 0.857. The van der Waals surface area contributed by atoms with Gasteiger partial charge >= 0.3 is 0 Å². The predicted octanol–water partition coefficient (Wildman–Crippen LogP) is 2.65. The summed E-state index contributed by atoms with van der Waals surface area (Å²) in [5, 5.41) is 16.8. The molecule has 0 spiro atoms. The van der Waals surface area contributed by atoms with Gasteiger partial charge in [0.2, 0.25) is 0 Å². The Morgan fingerprint density at radius 2 is 1.17 bits per heavy atom. The Bertz CT molecular complexity index is 255. The van der Waals surface area contributed by atoms with Crippen LogP contribution in [-0.2, 0) is 9.47 Å². The van der Waals surface area contributed by atoms with E-state index in [-0.39, 0.29) is 0 Å². The van der Waals surface area contributed by atoms with Gasteiger partial charge in [-0.15, -0.1) is 0 Å². The van der Waals surface area contributed by atoms with Crippen molar-refractivity contribution in [2.75, 3.05) is 26.4 Å². The third-order valence-electron chi connectivity index (χ3n) is 3.39. The lowest BCUT2D eigenvalue weighted by Crippen LogP contribution is -2.22. The summed E-state index contributed by atoms with van der Waals surface area (Å²) in [6.45, 7) is 2.72. The third kappa shape index (κ3) is 6.59. The maximum Gasteiger partial charge on any atom is 0.0645 e. The highest BCUT2D eigenvalue weighted by Crippen LogP contribution is 2.29. The lowest BCUT2D eigenvalue weighted by Gasteiger charge is -2.28. The highest BCUT2D eigenvalue weighted by atomic mass is 16.5. The van der Waals surface area contributed by atoms with Gasteiger partial charge < -0.3 is 9.47 Å². The van der Waals surface area contributed by atoms with E-state index in [1.165, 1.54) is 25.7 Å². The zero-order chi connectivity index (χ0) is 13.1. The molecule has 0 amide bonds. The van der Waals surface area contributed by atoms with Crippen LogP contribution < -0.4 is 0 Å². The van der Waals surface area contributed by atoms with Crippen molar-refractivity contribution in [3.8, 4) is 12.1 Å². The second-order valence-corrected chi connectivity index (χ2v) is 4.85. The van der Waals surface area contributed by atoms with E-state index < -0.39 is 0 Å². The zero-order valence-electron chi connectivity index (χ0n) is 10.9. The molecule has 1 aliphatic carbocycles. The van der Waals surface area contributed by atoms with E-state index in [2.05, 4.69) is 12.1 Å². The summed E-state index contributed by atoms with van der Waals surface area (Å²) < 4.78 is 10.9. The average molecular weight is 250 g/mol. The molecular weight excluding hydrogens is 228 g/mol. The lowest BCUT2D eigenvalue weighted by atomic mass is 9.83. The first-order chi connectivity index (χ1) is 8.86. The fourth-order valence-corrected chi connectivity index (χ4v) is 2.30. The number of rotatable bonds is 8. The molecule has 1 fully saturated rings. The Morgan fingerprint density at radius 1 is 0.778 bits per heavy atom. The molecule has 0 radical (unpaired) electrons. The quantitative estimate of drug-likeness (QED) is 0.621. The number of hydrogen-bond donors (Lipinski definition) is 0. The Morgan fingerprint density at radius 3 is 1.50 bits per heavy atom. The van der Waals surface area contributed by atoms with Crippen LogP contribution in [0.5, 0.6) is 0 Å². The normalized spacial score (nSPS) is 23.2. The predicted molar refractivity (Wildman–Crippen MR) is 67.5 cm³/mol. The second kappa shape index (κ2) is 9.88. The molecule has 1 saturated carbocycles. The SMILES string of the molecule is N#CCCOCC1CCC(COCCC#N)CC1. The molecule has 4 heteroatoms. The summed E-state index contributed by atoms with van der Waals surface area (Å²) >= 11 is 0. The van der Waals surface area contributed by atoms with E-state index >= 15 is 0 Å². The van der Waals surface area contributed by atoms with Crippen LogP contribution in [0.15, 0.2) is 0 Å². The summed E-state index contributed by atoms with van der Waals surface area (Å²) in [4.78, 5) is 0. The van der Waals surface area contributed by atoms with Crippen LogP contribution in [0.1, 0.15) is 38.5 Å². The van der Waals surface area contributed by atoms with E-state index in [1.807, 2.05) is 0 Å². The van der Waals surface area contributed by atoms with Gasteiger partial charge in [-0.3, -0.25) is 0 Å². The molecule has 0 N–H and O–H groups in total. The molecule has 100 valence electrons. The van der Waals surface area contributed by atoms with Crippen LogP contribution in [0.3, 0.4) is 0 Å². The third-order valence-corrected chi connectivity index (χ3v) is 3.39. The summed E-state index contributed by atoms with van der Waals surface area (Å²) in [6, 6.07) is 4.16. The molecule has 0 atom stereocenters. The number of nitriles is 2. The van der Waals surface area contributed by atoms with E-state index in [4.69, 9.17) is 20.0 Å². The highest BCUT2D eigenvalue weighted by Gasteiger charge is 2.21. The molecule has 1 rings (SSSR count). The molecule has 0 heterocycles. The molecule has 0 unspecified atom stereocenters. The standard InChI is InChI=1S/C14H22N2O2/c15-7-1-9-17-11-13-3-5-14(6-4-13)12-18-10-2-8-16/h13-14H,1-6,9-12H2. The van der Waals surface area contributed by atoms with Crippen molar-refractivity contribution in [2.24, 2.45) is 11.8 Å². The van der Waals surface area contributed by atoms with Crippen molar-refractivity contribution in [3.05, 3.63) is 0 Å². The largest absolute Gasteiger partial charge is 0.380 e. The zero-order valence-corrected chi connectivity index (χ0v) is 10.9. The van der Waals surface area contributed by atoms with Gasteiger partial charge in [-0.2, -0.15) is 10.5 Å². The summed E-state index contributed by atoms with van der Waals surface area (Å²) in [5.41, 5.74) is 0. The van der Waals surface area contributed by atoms with Crippen molar-refractivity contribution in [3.63, 3.8) is 0 Å². The van der Waals surface area contributed by atoms with Crippen molar-refractivity contribution in [1.29, 1.82) is 10.5 Å². The van der Waals surface area contributed by atoms with Gasteiger partial charge in [0, 0.05) is 13.2 Å². The molecule has 0 saturated heterocycles. The molecule has 1 aliphatic rings. The van der Waals surface area contributed by atoms with E-state index in [0.717, 1.165) is 13.2 Å². The molecule has 4 nitrogen and oxygen atoms in total. The first-order valence-corrected chi connectivity index (χ1v) is 6.76. The van der Waals surface area contributed by atoms with Crippen LogP contribution >= 0.6 is 0 Å².